The normalized spacial score (nSPS) is 41.7. The maximum absolute atomic E-state index is 6.37. The van der Waals surface area contributed by atoms with Crippen molar-refractivity contribution < 1.29 is 4.74 Å². The number of fused-ring (bicyclic) bond motifs is 2. The van der Waals surface area contributed by atoms with Gasteiger partial charge in [0.05, 0.1) is 12.7 Å². The van der Waals surface area contributed by atoms with Crippen LogP contribution in [0.2, 0.25) is 0 Å². The van der Waals surface area contributed by atoms with Gasteiger partial charge >= 0.3 is 0 Å². The number of rotatable bonds is 5. The van der Waals surface area contributed by atoms with Gasteiger partial charge in [-0.3, -0.25) is 0 Å². The highest BCUT2D eigenvalue weighted by Gasteiger charge is 2.35. The highest BCUT2D eigenvalue weighted by atomic mass is 16.5. The van der Waals surface area contributed by atoms with Crippen molar-refractivity contribution in [1.82, 2.24) is 5.32 Å². The Morgan fingerprint density at radius 2 is 1.42 bits per heavy atom. The molecule has 0 amide bonds. The standard InChI is InChI=1S/C22H35NO/c1-3-11-19-17(7-1)9-5-13-21(19)23-15-16-24-22-14-6-10-18-8-2-4-12-20(18)22/h1-4,17-23H,5-16H2. The van der Waals surface area contributed by atoms with Crippen molar-refractivity contribution in [1.29, 1.82) is 0 Å². The van der Waals surface area contributed by atoms with Crippen molar-refractivity contribution in [2.45, 2.75) is 76.4 Å². The molecule has 4 rings (SSSR count). The van der Waals surface area contributed by atoms with E-state index < -0.39 is 0 Å². The molecule has 2 heteroatoms. The van der Waals surface area contributed by atoms with Gasteiger partial charge in [0.15, 0.2) is 0 Å². The van der Waals surface area contributed by atoms with Gasteiger partial charge in [-0.05, 0) is 75.0 Å². The molecule has 2 nitrogen and oxygen atoms in total. The third-order valence-corrected chi connectivity index (χ3v) is 7.23. The quantitative estimate of drug-likeness (QED) is 0.574. The summed E-state index contributed by atoms with van der Waals surface area (Å²) >= 11 is 0. The molecule has 0 bridgehead atoms. The summed E-state index contributed by atoms with van der Waals surface area (Å²) in [5.74, 6) is 3.52. The Bertz CT molecular complexity index is 415. The van der Waals surface area contributed by atoms with Crippen molar-refractivity contribution in [3.05, 3.63) is 24.3 Å². The van der Waals surface area contributed by atoms with E-state index in [1.807, 2.05) is 0 Å². The van der Waals surface area contributed by atoms with E-state index in [0.717, 1.165) is 42.9 Å². The molecule has 2 fully saturated rings. The zero-order valence-corrected chi connectivity index (χ0v) is 15.2. The lowest BCUT2D eigenvalue weighted by molar-refractivity contribution is -0.0337. The monoisotopic (exact) mass is 329 g/mol. The number of hydrogen-bond acceptors (Lipinski definition) is 2. The second-order valence-electron chi connectivity index (χ2n) is 8.57. The molecule has 1 N–H and O–H groups in total. The van der Waals surface area contributed by atoms with Crippen LogP contribution < -0.4 is 5.32 Å². The van der Waals surface area contributed by atoms with Crippen molar-refractivity contribution >= 4 is 0 Å². The van der Waals surface area contributed by atoms with E-state index in [1.54, 1.807) is 0 Å². The Balaban J connectivity index is 1.21. The van der Waals surface area contributed by atoms with Gasteiger partial charge < -0.3 is 10.1 Å². The van der Waals surface area contributed by atoms with Crippen LogP contribution in [0.1, 0.15) is 64.2 Å². The molecular weight excluding hydrogens is 294 g/mol. The van der Waals surface area contributed by atoms with E-state index in [1.165, 1.54) is 64.2 Å². The first kappa shape index (κ1) is 16.8. The Morgan fingerprint density at radius 3 is 2.25 bits per heavy atom. The fraction of sp³-hybridized carbons (Fsp3) is 0.818. The summed E-state index contributed by atoms with van der Waals surface area (Å²) in [5, 5.41) is 3.86. The molecule has 4 aliphatic carbocycles. The molecule has 0 heterocycles. The molecule has 0 radical (unpaired) electrons. The summed E-state index contributed by atoms with van der Waals surface area (Å²) < 4.78 is 6.37. The molecule has 0 aromatic heterocycles. The van der Waals surface area contributed by atoms with Crippen molar-refractivity contribution in [3.63, 3.8) is 0 Å². The van der Waals surface area contributed by atoms with Gasteiger partial charge in [-0.25, -0.2) is 0 Å². The Hall–Kier alpha value is -0.600. The summed E-state index contributed by atoms with van der Waals surface area (Å²) in [5.41, 5.74) is 0. The predicted octanol–water partition coefficient (Wildman–Crippen LogP) is 4.86. The van der Waals surface area contributed by atoms with Crippen LogP contribution in [0, 0.1) is 23.7 Å². The summed E-state index contributed by atoms with van der Waals surface area (Å²) in [6, 6.07) is 0.731. The van der Waals surface area contributed by atoms with E-state index in [-0.39, 0.29) is 0 Å². The second kappa shape index (κ2) is 8.19. The van der Waals surface area contributed by atoms with Crippen molar-refractivity contribution in [2.24, 2.45) is 23.7 Å². The molecule has 0 saturated heterocycles. The van der Waals surface area contributed by atoms with E-state index >= 15 is 0 Å². The fourth-order valence-corrected chi connectivity index (χ4v) is 5.92. The highest BCUT2D eigenvalue weighted by Crippen LogP contribution is 2.40. The van der Waals surface area contributed by atoms with Crippen LogP contribution >= 0.6 is 0 Å². The maximum Gasteiger partial charge on any atom is 0.0609 e. The first-order valence-electron chi connectivity index (χ1n) is 10.6. The Morgan fingerprint density at radius 1 is 0.750 bits per heavy atom. The average molecular weight is 330 g/mol. The van der Waals surface area contributed by atoms with Crippen molar-refractivity contribution in [2.75, 3.05) is 13.2 Å². The lowest BCUT2D eigenvalue weighted by Crippen LogP contribution is -2.45. The molecule has 4 aliphatic rings. The minimum atomic E-state index is 0.521. The minimum Gasteiger partial charge on any atom is -0.377 e. The topological polar surface area (TPSA) is 21.3 Å². The summed E-state index contributed by atoms with van der Waals surface area (Å²) in [6.45, 7) is 1.95. The van der Waals surface area contributed by atoms with Gasteiger partial charge in [-0.2, -0.15) is 0 Å². The molecule has 6 atom stereocenters. The molecule has 2 saturated carbocycles. The third-order valence-electron chi connectivity index (χ3n) is 7.23. The summed E-state index contributed by atoms with van der Waals surface area (Å²) in [7, 11) is 0. The highest BCUT2D eigenvalue weighted by molar-refractivity contribution is 5.01. The summed E-state index contributed by atoms with van der Waals surface area (Å²) in [4.78, 5) is 0. The first-order valence-corrected chi connectivity index (χ1v) is 10.6. The van der Waals surface area contributed by atoms with Crippen LogP contribution in [0.5, 0.6) is 0 Å². The van der Waals surface area contributed by atoms with Gasteiger partial charge in [0.1, 0.15) is 0 Å². The summed E-state index contributed by atoms with van der Waals surface area (Å²) in [6.07, 6.45) is 23.6. The van der Waals surface area contributed by atoms with Crippen LogP contribution in [-0.4, -0.2) is 25.3 Å². The number of allylic oxidation sites excluding steroid dienone is 4. The van der Waals surface area contributed by atoms with Gasteiger partial charge in [-0.1, -0.05) is 37.1 Å². The molecule has 0 aliphatic heterocycles. The molecular formula is C22H35NO. The number of nitrogens with one attached hydrogen (secondary N) is 1. The smallest absolute Gasteiger partial charge is 0.0609 e. The van der Waals surface area contributed by atoms with E-state index in [9.17, 15) is 0 Å². The predicted molar refractivity (Wildman–Crippen MR) is 99.9 cm³/mol. The lowest BCUT2D eigenvalue weighted by atomic mass is 9.70. The zero-order valence-electron chi connectivity index (χ0n) is 15.2. The lowest BCUT2D eigenvalue weighted by Gasteiger charge is -2.41. The van der Waals surface area contributed by atoms with Crippen LogP contribution in [-0.2, 0) is 4.74 Å². The largest absolute Gasteiger partial charge is 0.377 e. The fourth-order valence-electron chi connectivity index (χ4n) is 5.92. The zero-order chi connectivity index (χ0) is 16.2. The van der Waals surface area contributed by atoms with Crippen LogP contribution in [0.25, 0.3) is 0 Å². The van der Waals surface area contributed by atoms with Crippen molar-refractivity contribution in [3.8, 4) is 0 Å². The average Bonchev–Trinajstić information content (AvgIpc) is 2.65. The molecule has 24 heavy (non-hydrogen) atoms. The van der Waals surface area contributed by atoms with Gasteiger partial charge in [0.2, 0.25) is 0 Å². The van der Waals surface area contributed by atoms with Crippen LogP contribution in [0.3, 0.4) is 0 Å². The number of hydrogen-bond donors (Lipinski definition) is 1. The van der Waals surface area contributed by atoms with Crippen LogP contribution in [0.15, 0.2) is 24.3 Å². The molecule has 134 valence electrons. The minimum absolute atomic E-state index is 0.521. The molecule has 6 unspecified atom stereocenters. The van der Waals surface area contributed by atoms with Gasteiger partial charge in [0.25, 0.3) is 0 Å². The first-order chi connectivity index (χ1) is 11.9. The molecule has 0 aromatic rings. The third kappa shape index (κ3) is 3.80. The van der Waals surface area contributed by atoms with Gasteiger partial charge in [-0.15, -0.1) is 0 Å². The van der Waals surface area contributed by atoms with E-state index in [0.29, 0.717) is 6.10 Å². The second-order valence-corrected chi connectivity index (χ2v) is 8.57. The molecule has 0 aromatic carbocycles. The van der Waals surface area contributed by atoms with Gasteiger partial charge in [0, 0.05) is 12.6 Å². The maximum atomic E-state index is 6.37. The Labute approximate surface area is 148 Å². The SMILES string of the molecule is C1=CCC2C(C1)CCCC2NCCOC1CCCC2CC=CCC21. The van der Waals surface area contributed by atoms with E-state index in [4.69, 9.17) is 4.74 Å². The van der Waals surface area contributed by atoms with E-state index in [2.05, 4.69) is 29.6 Å². The molecule has 0 spiro atoms. The Kier molecular flexibility index (Phi) is 5.75. The number of ether oxygens (including phenoxy) is 1. The van der Waals surface area contributed by atoms with Crippen LogP contribution in [0.4, 0.5) is 0 Å².